The molecule has 0 spiro atoms. The van der Waals surface area contributed by atoms with Gasteiger partial charge in [0.15, 0.2) is 0 Å². The Bertz CT molecular complexity index is 785. The highest BCUT2D eigenvalue weighted by atomic mass is 32.2. The first-order valence-electron chi connectivity index (χ1n) is 8.71. The zero-order chi connectivity index (χ0) is 17.9. The summed E-state index contributed by atoms with van der Waals surface area (Å²) in [4.78, 5) is 0. The van der Waals surface area contributed by atoms with Gasteiger partial charge in [-0.1, -0.05) is 54.6 Å². The van der Waals surface area contributed by atoms with Crippen LogP contribution in [0.3, 0.4) is 0 Å². The molecule has 1 aliphatic heterocycles. The van der Waals surface area contributed by atoms with E-state index < -0.39 is 15.3 Å². The zero-order valence-corrected chi connectivity index (χ0v) is 15.5. The molecule has 25 heavy (non-hydrogen) atoms. The van der Waals surface area contributed by atoms with E-state index in [4.69, 9.17) is 4.74 Å². The molecule has 2 aromatic rings. The molecule has 1 heterocycles. The molecule has 2 atom stereocenters. The smallest absolute Gasteiger partial charge is 0.214 e. The van der Waals surface area contributed by atoms with Crippen LogP contribution in [-0.4, -0.2) is 32.9 Å². The summed E-state index contributed by atoms with van der Waals surface area (Å²) in [6.07, 6.45) is 0.692. The molecule has 2 aromatic carbocycles. The van der Waals surface area contributed by atoms with Gasteiger partial charge in [0.25, 0.3) is 0 Å². The molecular formula is C20H25NO3S. The summed E-state index contributed by atoms with van der Waals surface area (Å²) in [6.45, 7) is 4.52. The summed E-state index contributed by atoms with van der Waals surface area (Å²) in [6, 6.07) is 18.4. The quantitative estimate of drug-likeness (QED) is 0.888. The highest BCUT2D eigenvalue weighted by molar-refractivity contribution is 7.90. The molecule has 1 saturated heterocycles. The average molecular weight is 359 g/mol. The Hall–Kier alpha value is -1.69. The normalized spacial score (nSPS) is 21.4. The molecule has 1 fully saturated rings. The first kappa shape index (κ1) is 18.1. The Morgan fingerprint density at radius 2 is 1.64 bits per heavy atom. The van der Waals surface area contributed by atoms with E-state index in [0.29, 0.717) is 19.6 Å². The monoisotopic (exact) mass is 359 g/mol. The van der Waals surface area contributed by atoms with Crippen molar-refractivity contribution in [3.05, 3.63) is 60.2 Å². The van der Waals surface area contributed by atoms with E-state index >= 15 is 0 Å². The Morgan fingerprint density at radius 1 is 1.00 bits per heavy atom. The van der Waals surface area contributed by atoms with Crippen molar-refractivity contribution in [3.63, 3.8) is 0 Å². The van der Waals surface area contributed by atoms with Gasteiger partial charge in [0.05, 0.1) is 11.9 Å². The predicted octanol–water partition coefficient (Wildman–Crippen LogP) is 3.55. The fraction of sp³-hybridized carbons (Fsp3) is 0.400. The van der Waals surface area contributed by atoms with Crippen LogP contribution in [0.25, 0.3) is 11.1 Å². The Morgan fingerprint density at radius 3 is 2.28 bits per heavy atom. The number of benzene rings is 2. The number of rotatable bonds is 5. The molecule has 0 bridgehead atoms. The third-order valence-corrected chi connectivity index (χ3v) is 6.61. The lowest BCUT2D eigenvalue weighted by Gasteiger charge is -2.33. The van der Waals surface area contributed by atoms with E-state index in [9.17, 15) is 8.42 Å². The summed E-state index contributed by atoms with van der Waals surface area (Å²) in [5.74, 6) is 0.0344. The topological polar surface area (TPSA) is 55.4 Å². The molecule has 0 amide bonds. The summed E-state index contributed by atoms with van der Waals surface area (Å²) < 4.78 is 33.0. The van der Waals surface area contributed by atoms with Gasteiger partial charge in [-0.2, -0.15) is 0 Å². The SMILES string of the molecule is CC(C)S(=O)(=O)N[C@@H]1CCOC[C@H]1c1ccc(-c2ccccc2)cc1. The fourth-order valence-corrected chi connectivity index (χ4v) is 4.08. The van der Waals surface area contributed by atoms with Gasteiger partial charge in [-0.3, -0.25) is 0 Å². The second-order valence-corrected chi connectivity index (χ2v) is 9.04. The van der Waals surface area contributed by atoms with Crippen LogP contribution >= 0.6 is 0 Å². The molecule has 134 valence electrons. The van der Waals surface area contributed by atoms with Crippen molar-refractivity contribution < 1.29 is 13.2 Å². The molecule has 1 N–H and O–H groups in total. The van der Waals surface area contributed by atoms with E-state index in [0.717, 1.165) is 11.1 Å². The van der Waals surface area contributed by atoms with Gasteiger partial charge in [0.2, 0.25) is 10.0 Å². The second-order valence-electron chi connectivity index (χ2n) is 6.78. The second kappa shape index (κ2) is 7.68. The number of ether oxygens (including phenoxy) is 1. The molecule has 1 aliphatic rings. The molecule has 0 unspecified atom stereocenters. The lowest BCUT2D eigenvalue weighted by molar-refractivity contribution is 0.0653. The minimum Gasteiger partial charge on any atom is -0.381 e. The van der Waals surface area contributed by atoms with E-state index in [1.807, 2.05) is 18.2 Å². The lowest BCUT2D eigenvalue weighted by atomic mass is 9.88. The summed E-state index contributed by atoms with van der Waals surface area (Å²) in [5, 5.41) is -0.434. The van der Waals surface area contributed by atoms with Crippen LogP contribution in [-0.2, 0) is 14.8 Å². The van der Waals surface area contributed by atoms with Crippen molar-refractivity contribution in [2.45, 2.75) is 37.5 Å². The molecule has 0 aromatic heterocycles. The van der Waals surface area contributed by atoms with Crippen molar-refractivity contribution in [2.75, 3.05) is 13.2 Å². The van der Waals surface area contributed by atoms with Crippen molar-refractivity contribution in [2.24, 2.45) is 0 Å². The van der Waals surface area contributed by atoms with Crippen molar-refractivity contribution >= 4 is 10.0 Å². The number of nitrogens with one attached hydrogen (secondary N) is 1. The Balaban J connectivity index is 1.81. The standard InChI is InChI=1S/C20H25NO3S/c1-15(2)25(22,23)21-20-12-13-24-14-19(20)18-10-8-17(9-11-18)16-6-4-3-5-7-16/h3-11,15,19-21H,12-14H2,1-2H3/t19-,20+/m0/s1. The lowest BCUT2D eigenvalue weighted by Crippen LogP contribution is -2.46. The van der Waals surface area contributed by atoms with E-state index in [1.54, 1.807) is 13.8 Å². The van der Waals surface area contributed by atoms with E-state index in [2.05, 4.69) is 41.1 Å². The third-order valence-electron chi connectivity index (χ3n) is 4.74. The molecule has 0 radical (unpaired) electrons. The van der Waals surface area contributed by atoms with Crippen LogP contribution in [0.15, 0.2) is 54.6 Å². The Labute approximate surface area is 150 Å². The molecule has 0 aliphatic carbocycles. The van der Waals surface area contributed by atoms with Crippen LogP contribution in [0.1, 0.15) is 31.7 Å². The zero-order valence-electron chi connectivity index (χ0n) is 14.7. The highest BCUT2D eigenvalue weighted by Crippen LogP contribution is 2.29. The molecule has 3 rings (SSSR count). The van der Waals surface area contributed by atoms with Crippen LogP contribution < -0.4 is 4.72 Å². The van der Waals surface area contributed by atoms with Gasteiger partial charge in [-0.05, 0) is 37.0 Å². The first-order chi connectivity index (χ1) is 12.0. The fourth-order valence-electron chi connectivity index (χ4n) is 3.11. The largest absolute Gasteiger partial charge is 0.381 e. The molecule has 0 saturated carbocycles. The minimum absolute atomic E-state index is 0.0344. The molecule has 5 heteroatoms. The van der Waals surface area contributed by atoms with Gasteiger partial charge in [0.1, 0.15) is 0 Å². The maximum atomic E-state index is 12.3. The first-order valence-corrected chi connectivity index (χ1v) is 10.3. The van der Waals surface area contributed by atoms with Crippen LogP contribution in [0.4, 0.5) is 0 Å². The van der Waals surface area contributed by atoms with Crippen molar-refractivity contribution in [1.29, 1.82) is 0 Å². The number of sulfonamides is 1. The van der Waals surface area contributed by atoms with E-state index in [1.165, 1.54) is 5.56 Å². The molecular weight excluding hydrogens is 334 g/mol. The Kier molecular flexibility index (Phi) is 5.57. The average Bonchev–Trinajstić information content (AvgIpc) is 2.63. The summed E-state index contributed by atoms with van der Waals surface area (Å²) in [5.41, 5.74) is 3.43. The maximum absolute atomic E-state index is 12.3. The van der Waals surface area contributed by atoms with Crippen molar-refractivity contribution in [3.8, 4) is 11.1 Å². The summed E-state index contributed by atoms with van der Waals surface area (Å²) >= 11 is 0. The van der Waals surface area contributed by atoms with Crippen LogP contribution in [0.2, 0.25) is 0 Å². The number of hydrogen-bond donors (Lipinski definition) is 1. The molecule has 4 nitrogen and oxygen atoms in total. The number of hydrogen-bond acceptors (Lipinski definition) is 3. The summed E-state index contributed by atoms with van der Waals surface area (Å²) in [7, 11) is -3.30. The van der Waals surface area contributed by atoms with E-state index in [-0.39, 0.29) is 12.0 Å². The highest BCUT2D eigenvalue weighted by Gasteiger charge is 2.31. The predicted molar refractivity (Wildman–Crippen MR) is 101 cm³/mol. The van der Waals surface area contributed by atoms with Crippen LogP contribution in [0.5, 0.6) is 0 Å². The van der Waals surface area contributed by atoms with Crippen LogP contribution in [0, 0.1) is 0 Å². The maximum Gasteiger partial charge on any atom is 0.214 e. The third kappa shape index (κ3) is 4.29. The minimum atomic E-state index is -3.30. The van der Waals surface area contributed by atoms with Crippen molar-refractivity contribution in [1.82, 2.24) is 4.72 Å². The van der Waals surface area contributed by atoms with Gasteiger partial charge < -0.3 is 4.74 Å². The van der Waals surface area contributed by atoms with Gasteiger partial charge in [0, 0.05) is 18.6 Å². The van der Waals surface area contributed by atoms with Gasteiger partial charge >= 0.3 is 0 Å². The van der Waals surface area contributed by atoms with Gasteiger partial charge in [-0.15, -0.1) is 0 Å². The van der Waals surface area contributed by atoms with Gasteiger partial charge in [-0.25, -0.2) is 13.1 Å².